The molecule has 0 heteroatoms. The zero-order chi connectivity index (χ0) is 45.0. The van der Waals surface area contributed by atoms with Gasteiger partial charge >= 0.3 is 0 Å². The van der Waals surface area contributed by atoms with E-state index in [4.69, 9.17) is 0 Å². The van der Waals surface area contributed by atoms with Crippen LogP contribution < -0.4 is 0 Å². The van der Waals surface area contributed by atoms with E-state index >= 15 is 0 Å². The lowest BCUT2D eigenvalue weighted by Crippen LogP contribution is -1.97. The van der Waals surface area contributed by atoms with Crippen molar-refractivity contribution in [2.75, 3.05) is 0 Å². The molecule has 1 unspecified atom stereocenters. The molecule has 0 N–H and O–H groups in total. The molecule has 0 saturated heterocycles. The maximum Gasteiger partial charge on any atom is -0.0184 e. The Hall–Kier alpha value is -6.24. The van der Waals surface area contributed by atoms with Crippen LogP contribution in [0.4, 0.5) is 0 Å². The largest absolute Gasteiger partial charge is 0.0991 e. The van der Waals surface area contributed by atoms with Gasteiger partial charge in [0.05, 0.1) is 0 Å². The summed E-state index contributed by atoms with van der Waals surface area (Å²) in [6, 6.07) is 53.8. The molecule has 61 heavy (non-hydrogen) atoms. The first-order chi connectivity index (χ1) is 29.4. The van der Waals surface area contributed by atoms with E-state index in [9.17, 15) is 0 Å². The summed E-state index contributed by atoms with van der Waals surface area (Å²) in [5.74, 6) is 0.753. The smallest absolute Gasteiger partial charge is 0.0184 e. The zero-order valence-corrected chi connectivity index (χ0v) is 39.0. The third kappa shape index (κ3) is 19.1. The van der Waals surface area contributed by atoms with Crippen molar-refractivity contribution in [2.45, 2.75) is 82.1 Å². The summed E-state index contributed by atoms with van der Waals surface area (Å²) in [5.41, 5.74) is 18.3. The molecule has 6 aromatic carbocycles. The highest BCUT2D eigenvalue weighted by Crippen LogP contribution is 2.32. The summed E-state index contributed by atoms with van der Waals surface area (Å²) < 4.78 is 0. The van der Waals surface area contributed by atoms with Crippen molar-refractivity contribution in [3.63, 3.8) is 0 Å². The van der Waals surface area contributed by atoms with E-state index in [1.807, 2.05) is 45.9 Å². The van der Waals surface area contributed by atoms with Gasteiger partial charge in [0.15, 0.2) is 0 Å². The van der Waals surface area contributed by atoms with Gasteiger partial charge in [-0.1, -0.05) is 251 Å². The first-order valence-electron chi connectivity index (χ1n) is 21.8. The molecule has 0 bridgehead atoms. The van der Waals surface area contributed by atoms with Gasteiger partial charge in [-0.15, -0.1) is 0 Å². The Morgan fingerprint density at radius 3 is 1.25 bits per heavy atom. The van der Waals surface area contributed by atoms with Crippen LogP contribution in [0, 0.1) is 33.6 Å². The second kappa shape index (κ2) is 29.1. The Morgan fingerprint density at radius 2 is 0.902 bits per heavy atom. The van der Waals surface area contributed by atoms with E-state index in [0.29, 0.717) is 0 Å². The van der Waals surface area contributed by atoms with Crippen molar-refractivity contribution in [1.29, 1.82) is 0 Å². The summed E-state index contributed by atoms with van der Waals surface area (Å²) in [6.07, 6.45) is 14.3. The second-order valence-corrected chi connectivity index (χ2v) is 15.3. The fourth-order valence-corrected chi connectivity index (χ4v) is 6.26. The van der Waals surface area contributed by atoms with E-state index in [-0.39, 0.29) is 0 Å². The molecule has 1 aliphatic carbocycles. The molecule has 7 rings (SSSR count). The van der Waals surface area contributed by atoms with Crippen molar-refractivity contribution in [3.05, 3.63) is 247 Å². The Labute approximate surface area is 372 Å². The van der Waals surface area contributed by atoms with Gasteiger partial charge in [-0.05, 0) is 123 Å². The van der Waals surface area contributed by atoms with E-state index < -0.39 is 0 Å². The SMILES string of the molecule is C=C/C=C\C.C=CC(=C)C.CC.CC1=C(c2ccccc2C)CC(C)CC=C1.Cc1ccc(-c2ccc(-c3ccccc3)cc2)cc1.Cc1ccc(-c2ccc(C)cc2)cc1. The second-order valence-electron chi connectivity index (χ2n) is 15.3. The van der Waals surface area contributed by atoms with Gasteiger partial charge in [0.2, 0.25) is 0 Å². The lowest BCUT2D eigenvalue weighted by atomic mass is 9.90. The number of hydrogen-bond donors (Lipinski definition) is 0. The molecule has 0 fully saturated rings. The van der Waals surface area contributed by atoms with Crippen LogP contribution in [0.3, 0.4) is 0 Å². The van der Waals surface area contributed by atoms with Crippen LogP contribution in [0.5, 0.6) is 0 Å². The molecule has 0 spiro atoms. The molecule has 0 heterocycles. The van der Waals surface area contributed by atoms with Crippen LogP contribution in [-0.2, 0) is 0 Å². The maximum absolute atomic E-state index is 3.56. The van der Waals surface area contributed by atoms with Crippen molar-refractivity contribution in [2.24, 2.45) is 5.92 Å². The molecular formula is C61H72. The topological polar surface area (TPSA) is 0 Å². The highest BCUT2D eigenvalue weighted by molar-refractivity contribution is 5.73. The maximum atomic E-state index is 3.56. The number of benzene rings is 6. The molecule has 0 radical (unpaired) electrons. The minimum absolute atomic E-state index is 0.753. The predicted octanol–water partition coefficient (Wildman–Crippen LogP) is 18.6. The average molecular weight is 805 g/mol. The van der Waals surface area contributed by atoms with Crippen LogP contribution in [-0.4, -0.2) is 0 Å². The number of rotatable bonds is 6. The van der Waals surface area contributed by atoms with Crippen LogP contribution in [0.25, 0.3) is 39.0 Å². The van der Waals surface area contributed by atoms with Crippen molar-refractivity contribution < 1.29 is 0 Å². The fraction of sp³-hybridized carbons (Fsp3) is 0.213. The van der Waals surface area contributed by atoms with Crippen LogP contribution >= 0.6 is 0 Å². The normalized spacial score (nSPS) is 12.5. The van der Waals surface area contributed by atoms with Gasteiger partial charge in [0.25, 0.3) is 0 Å². The number of allylic oxidation sites excluding steroid dienone is 9. The fourth-order valence-electron chi connectivity index (χ4n) is 6.26. The van der Waals surface area contributed by atoms with Gasteiger partial charge in [-0.2, -0.15) is 0 Å². The summed E-state index contributed by atoms with van der Waals surface area (Å²) >= 11 is 0. The van der Waals surface area contributed by atoms with Gasteiger partial charge in [0, 0.05) is 0 Å². The van der Waals surface area contributed by atoms with E-state index in [1.165, 1.54) is 85.2 Å². The summed E-state index contributed by atoms with van der Waals surface area (Å²) in [7, 11) is 0. The molecule has 0 nitrogen and oxygen atoms in total. The van der Waals surface area contributed by atoms with Gasteiger partial charge in [0.1, 0.15) is 0 Å². The Balaban J connectivity index is 0.000000280. The summed E-state index contributed by atoms with van der Waals surface area (Å²) in [6.45, 7) is 31.5. The minimum Gasteiger partial charge on any atom is -0.0991 e. The monoisotopic (exact) mass is 805 g/mol. The quantitative estimate of drug-likeness (QED) is 0.147. The van der Waals surface area contributed by atoms with Crippen LogP contribution in [0.1, 0.15) is 82.2 Å². The van der Waals surface area contributed by atoms with Gasteiger partial charge < -0.3 is 0 Å². The van der Waals surface area contributed by atoms with Crippen LogP contribution in [0.15, 0.2) is 219 Å². The molecule has 1 atom stereocenters. The first-order valence-corrected chi connectivity index (χ1v) is 21.8. The highest BCUT2D eigenvalue weighted by atomic mass is 14.2. The van der Waals surface area contributed by atoms with Crippen LogP contribution in [0.2, 0.25) is 0 Å². The summed E-state index contributed by atoms with van der Waals surface area (Å²) in [4.78, 5) is 0. The van der Waals surface area contributed by atoms with E-state index in [0.717, 1.165) is 11.5 Å². The standard InChI is InChI=1S/C19H16.C16H20.C14H14.2C5H8.C2H6/c1-15-7-9-17(10-8-15)19-13-11-18(12-14-19)16-5-3-2-4-6-16;1-12-7-6-9-14(3)16(11-12)15-10-5-4-8-13(15)2;1-11-3-7-13(8-4-11)14-9-5-12(2)6-10-14;1-4-5(2)3;1-3-5-4-2;1-2/h2-14H,1H3;4-6,8-10,12H,7,11H2,1-3H3;3-10H,1-2H3;4H,1-2H2,3H3;3-5H,1H2,2H3;1-2H3/b;;;;5-4-;. The lowest BCUT2D eigenvalue weighted by molar-refractivity contribution is 0.614. The molecule has 6 aromatic rings. The number of aryl methyl sites for hydroxylation is 4. The molecule has 0 amide bonds. The predicted molar refractivity (Wildman–Crippen MR) is 276 cm³/mol. The van der Waals surface area contributed by atoms with Crippen molar-refractivity contribution in [1.82, 2.24) is 0 Å². The van der Waals surface area contributed by atoms with E-state index in [2.05, 4.69) is 219 Å². The Morgan fingerprint density at radius 1 is 0.541 bits per heavy atom. The molecular weight excluding hydrogens is 733 g/mol. The molecule has 0 saturated carbocycles. The highest BCUT2D eigenvalue weighted by Gasteiger charge is 2.13. The van der Waals surface area contributed by atoms with Gasteiger partial charge in [-0.25, -0.2) is 0 Å². The molecule has 0 aromatic heterocycles. The molecule has 316 valence electrons. The Kier molecular flexibility index (Phi) is 24.2. The van der Waals surface area contributed by atoms with Crippen molar-refractivity contribution in [3.8, 4) is 33.4 Å². The molecule has 0 aliphatic heterocycles. The van der Waals surface area contributed by atoms with Gasteiger partial charge in [-0.3, -0.25) is 0 Å². The van der Waals surface area contributed by atoms with E-state index in [1.54, 1.807) is 12.2 Å². The average Bonchev–Trinajstić information content (AvgIpc) is 3.46. The lowest BCUT2D eigenvalue weighted by Gasteiger charge is -2.15. The minimum atomic E-state index is 0.753. The Bertz CT molecular complexity index is 2190. The number of hydrogen-bond acceptors (Lipinski definition) is 0. The molecule has 1 aliphatic rings. The summed E-state index contributed by atoms with van der Waals surface area (Å²) in [5, 5.41) is 0. The first kappa shape index (κ1) is 50.9. The van der Waals surface area contributed by atoms with Crippen molar-refractivity contribution >= 4 is 5.57 Å². The zero-order valence-electron chi connectivity index (χ0n) is 39.0. The third-order valence-electron chi connectivity index (χ3n) is 9.90. The third-order valence-corrected chi connectivity index (χ3v) is 9.90.